The Balaban J connectivity index is 2.17. The second-order valence-corrected chi connectivity index (χ2v) is 7.02. The first kappa shape index (κ1) is 13.0. The standard InChI is InChI=1S/C14H24N2S/c1-14(2,3)11-9-17-13(16-11)12(15-4)10-7-5-6-8-10/h9-10,12,15H,5-8H2,1-4H3. The molecule has 96 valence electrons. The summed E-state index contributed by atoms with van der Waals surface area (Å²) in [6, 6.07) is 0.471. The first-order valence-corrected chi connectivity index (χ1v) is 7.53. The first-order valence-electron chi connectivity index (χ1n) is 6.65. The van der Waals surface area contributed by atoms with Gasteiger partial charge in [-0.2, -0.15) is 0 Å². The van der Waals surface area contributed by atoms with Crippen molar-refractivity contribution in [1.82, 2.24) is 10.3 Å². The highest BCUT2D eigenvalue weighted by Gasteiger charge is 2.28. The Bertz CT molecular complexity index is 359. The molecule has 0 amide bonds. The smallest absolute Gasteiger partial charge is 0.110 e. The van der Waals surface area contributed by atoms with Gasteiger partial charge in [-0.25, -0.2) is 4.98 Å². The van der Waals surface area contributed by atoms with Crippen molar-refractivity contribution in [3.05, 3.63) is 16.1 Å². The lowest BCUT2D eigenvalue weighted by Gasteiger charge is -2.21. The highest BCUT2D eigenvalue weighted by Crippen LogP contribution is 2.37. The van der Waals surface area contributed by atoms with Crippen molar-refractivity contribution >= 4 is 11.3 Å². The zero-order valence-electron chi connectivity index (χ0n) is 11.4. The molecule has 2 nitrogen and oxygen atoms in total. The van der Waals surface area contributed by atoms with Crippen LogP contribution in [0.5, 0.6) is 0 Å². The number of nitrogens with zero attached hydrogens (tertiary/aromatic N) is 1. The lowest BCUT2D eigenvalue weighted by Crippen LogP contribution is -2.24. The Kier molecular flexibility index (Phi) is 3.88. The number of rotatable bonds is 3. The molecule has 1 unspecified atom stereocenters. The monoisotopic (exact) mass is 252 g/mol. The summed E-state index contributed by atoms with van der Waals surface area (Å²) in [5, 5.41) is 6.99. The summed E-state index contributed by atoms with van der Waals surface area (Å²) in [6.45, 7) is 6.70. The summed E-state index contributed by atoms with van der Waals surface area (Å²) in [5.74, 6) is 0.791. The SMILES string of the molecule is CNC(c1nc(C(C)(C)C)cs1)C1CCCC1. The van der Waals surface area contributed by atoms with E-state index < -0.39 is 0 Å². The van der Waals surface area contributed by atoms with Crippen LogP contribution < -0.4 is 5.32 Å². The summed E-state index contributed by atoms with van der Waals surface area (Å²) in [4.78, 5) is 4.85. The number of thiazole rings is 1. The van der Waals surface area contributed by atoms with Crippen LogP contribution in [0.3, 0.4) is 0 Å². The van der Waals surface area contributed by atoms with E-state index >= 15 is 0 Å². The molecule has 1 aromatic heterocycles. The van der Waals surface area contributed by atoms with Crippen molar-refractivity contribution < 1.29 is 0 Å². The second kappa shape index (κ2) is 5.07. The maximum absolute atomic E-state index is 4.85. The van der Waals surface area contributed by atoms with Gasteiger partial charge in [0.1, 0.15) is 5.01 Å². The van der Waals surface area contributed by atoms with Crippen LogP contribution in [-0.4, -0.2) is 12.0 Å². The summed E-state index contributed by atoms with van der Waals surface area (Å²) in [7, 11) is 2.07. The zero-order chi connectivity index (χ0) is 12.5. The van der Waals surface area contributed by atoms with Gasteiger partial charge in [0, 0.05) is 10.8 Å². The molecule has 1 heterocycles. The molecular weight excluding hydrogens is 228 g/mol. The third-order valence-corrected chi connectivity index (χ3v) is 4.67. The molecule has 1 saturated carbocycles. The molecule has 1 aliphatic carbocycles. The molecule has 3 heteroatoms. The van der Waals surface area contributed by atoms with E-state index in [4.69, 9.17) is 4.98 Å². The van der Waals surface area contributed by atoms with E-state index in [1.54, 1.807) is 0 Å². The van der Waals surface area contributed by atoms with Crippen molar-refractivity contribution in [2.75, 3.05) is 7.05 Å². The van der Waals surface area contributed by atoms with Gasteiger partial charge in [0.15, 0.2) is 0 Å². The Morgan fingerprint density at radius 2 is 2.00 bits per heavy atom. The highest BCUT2D eigenvalue weighted by atomic mass is 32.1. The van der Waals surface area contributed by atoms with Gasteiger partial charge in [-0.1, -0.05) is 33.6 Å². The fraction of sp³-hybridized carbons (Fsp3) is 0.786. The molecule has 1 aromatic rings. The average molecular weight is 252 g/mol. The molecule has 0 spiro atoms. The maximum atomic E-state index is 4.85. The van der Waals surface area contributed by atoms with Crippen LogP contribution in [0, 0.1) is 5.92 Å². The molecule has 2 rings (SSSR count). The van der Waals surface area contributed by atoms with Crippen molar-refractivity contribution in [2.24, 2.45) is 5.92 Å². The molecule has 0 radical (unpaired) electrons. The molecular formula is C14H24N2S. The summed E-state index contributed by atoms with van der Waals surface area (Å²) >= 11 is 1.82. The molecule has 1 fully saturated rings. The molecule has 0 aliphatic heterocycles. The predicted octanol–water partition coefficient (Wildman–Crippen LogP) is 3.89. The largest absolute Gasteiger partial charge is 0.311 e. The van der Waals surface area contributed by atoms with Crippen LogP contribution in [0.1, 0.15) is 63.2 Å². The van der Waals surface area contributed by atoms with Gasteiger partial charge in [0.25, 0.3) is 0 Å². The van der Waals surface area contributed by atoms with Gasteiger partial charge in [-0.15, -0.1) is 11.3 Å². The van der Waals surface area contributed by atoms with E-state index in [9.17, 15) is 0 Å². The van der Waals surface area contributed by atoms with Gasteiger partial charge >= 0.3 is 0 Å². The third-order valence-electron chi connectivity index (χ3n) is 3.74. The van der Waals surface area contributed by atoms with E-state index in [-0.39, 0.29) is 5.41 Å². The van der Waals surface area contributed by atoms with Gasteiger partial charge in [-0.05, 0) is 25.8 Å². The van der Waals surface area contributed by atoms with Crippen molar-refractivity contribution in [3.8, 4) is 0 Å². The van der Waals surface area contributed by atoms with Gasteiger partial charge in [-0.3, -0.25) is 0 Å². The Morgan fingerprint density at radius 1 is 1.35 bits per heavy atom. The maximum Gasteiger partial charge on any atom is 0.110 e. The lowest BCUT2D eigenvalue weighted by atomic mass is 9.93. The van der Waals surface area contributed by atoms with E-state index in [0.717, 1.165) is 5.92 Å². The minimum atomic E-state index is 0.169. The fourth-order valence-corrected chi connectivity index (χ4v) is 3.87. The third kappa shape index (κ3) is 2.89. The van der Waals surface area contributed by atoms with Gasteiger partial charge in [0.05, 0.1) is 11.7 Å². The van der Waals surface area contributed by atoms with Crippen LogP contribution in [0.2, 0.25) is 0 Å². The number of hydrogen-bond donors (Lipinski definition) is 1. The molecule has 0 bridgehead atoms. The lowest BCUT2D eigenvalue weighted by molar-refractivity contribution is 0.387. The van der Waals surface area contributed by atoms with Crippen molar-refractivity contribution in [2.45, 2.75) is 57.9 Å². The second-order valence-electron chi connectivity index (χ2n) is 6.13. The summed E-state index contributed by atoms with van der Waals surface area (Å²) < 4.78 is 0. The van der Waals surface area contributed by atoms with E-state index in [1.165, 1.54) is 36.4 Å². The minimum absolute atomic E-state index is 0.169. The topological polar surface area (TPSA) is 24.9 Å². The van der Waals surface area contributed by atoms with Crippen molar-refractivity contribution in [1.29, 1.82) is 0 Å². The Hall–Kier alpha value is -0.410. The van der Waals surface area contributed by atoms with Gasteiger partial charge < -0.3 is 5.32 Å². The summed E-state index contributed by atoms with van der Waals surface area (Å²) in [6.07, 6.45) is 5.49. The number of hydrogen-bond acceptors (Lipinski definition) is 3. The first-order chi connectivity index (χ1) is 8.02. The van der Waals surface area contributed by atoms with E-state index in [0.29, 0.717) is 6.04 Å². The minimum Gasteiger partial charge on any atom is -0.311 e. The normalized spacial score (nSPS) is 19.8. The summed E-state index contributed by atoms with van der Waals surface area (Å²) in [5.41, 5.74) is 1.40. The van der Waals surface area contributed by atoms with Crippen LogP contribution in [0.15, 0.2) is 5.38 Å². The molecule has 17 heavy (non-hydrogen) atoms. The molecule has 0 aromatic carbocycles. The van der Waals surface area contributed by atoms with Crippen molar-refractivity contribution in [3.63, 3.8) is 0 Å². The quantitative estimate of drug-likeness (QED) is 0.882. The average Bonchev–Trinajstić information content (AvgIpc) is 2.87. The van der Waals surface area contributed by atoms with Gasteiger partial charge in [0.2, 0.25) is 0 Å². The van der Waals surface area contributed by atoms with Crippen LogP contribution in [0.25, 0.3) is 0 Å². The van der Waals surface area contributed by atoms with E-state index in [2.05, 4.69) is 38.5 Å². The molecule has 1 atom stereocenters. The van der Waals surface area contributed by atoms with E-state index in [1.807, 2.05) is 11.3 Å². The number of aromatic nitrogens is 1. The molecule has 1 N–H and O–H groups in total. The fourth-order valence-electron chi connectivity index (χ4n) is 2.63. The van der Waals surface area contributed by atoms with Crippen LogP contribution in [-0.2, 0) is 5.41 Å². The van der Waals surface area contributed by atoms with Crippen LogP contribution in [0.4, 0.5) is 0 Å². The van der Waals surface area contributed by atoms with Crippen LogP contribution >= 0.6 is 11.3 Å². The highest BCUT2D eigenvalue weighted by molar-refractivity contribution is 7.09. The predicted molar refractivity (Wildman–Crippen MR) is 74.6 cm³/mol. The molecule has 1 aliphatic rings. The zero-order valence-corrected chi connectivity index (χ0v) is 12.2. The Morgan fingerprint density at radius 3 is 2.47 bits per heavy atom. The molecule has 0 saturated heterocycles. The Labute approximate surface area is 109 Å². The number of nitrogens with one attached hydrogen (secondary N) is 1.